The second-order valence-corrected chi connectivity index (χ2v) is 6.32. The third-order valence-electron chi connectivity index (χ3n) is 3.41. The molecule has 0 saturated carbocycles. The molecule has 116 valence electrons. The van der Waals surface area contributed by atoms with E-state index in [1.165, 1.54) is 11.1 Å². The van der Waals surface area contributed by atoms with E-state index in [0.29, 0.717) is 6.61 Å². The van der Waals surface area contributed by atoms with Gasteiger partial charge in [0.15, 0.2) is 0 Å². The lowest BCUT2D eigenvalue weighted by molar-refractivity contribution is 0.130. The smallest absolute Gasteiger partial charge is 0.228 e. The Balaban J connectivity index is 2.17. The highest BCUT2D eigenvalue weighted by atomic mass is 16.6. The lowest BCUT2D eigenvalue weighted by atomic mass is 9.86. The quantitative estimate of drug-likeness (QED) is 0.516. The van der Waals surface area contributed by atoms with Crippen molar-refractivity contribution in [2.24, 2.45) is 16.6 Å². The fourth-order valence-corrected chi connectivity index (χ4v) is 2.18. The van der Waals surface area contributed by atoms with Gasteiger partial charge in [0, 0.05) is 0 Å². The van der Waals surface area contributed by atoms with E-state index in [4.69, 9.17) is 16.3 Å². The molecule has 0 heterocycles. The lowest BCUT2D eigenvalue weighted by Crippen LogP contribution is -2.22. The number of guanidine groups is 1. The Hall–Kier alpha value is -2.49. The molecule has 0 bridgehead atoms. The van der Waals surface area contributed by atoms with Gasteiger partial charge in [-0.2, -0.15) is 0 Å². The Morgan fingerprint density at radius 2 is 1.68 bits per heavy atom. The maximum absolute atomic E-state index is 5.23. The number of nitrogens with zero attached hydrogens (tertiary/aromatic N) is 1. The molecule has 0 aliphatic rings. The number of oxime groups is 1. The molecule has 0 aliphatic carbocycles. The van der Waals surface area contributed by atoms with Gasteiger partial charge in [-0.25, -0.2) is 0 Å². The van der Waals surface area contributed by atoms with Crippen molar-refractivity contribution in [1.82, 2.24) is 0 Å². The normalized spacial score (nSPS) is 11.0. The van der Waals surface area contributed by atoms with Crippen molar-refractivity contribution in [3.8, 4) is 11.1 Å². The Kier molecular flexibility index (Phi) is 4.71. The number of rotatable bonds is 4. The molecule has 0 fully saturated rings. The summed E-state index contributed by atoms with van der Waals surface area (Å²) in [6.07, 6.45) is 0. The molecule has 0 unspecified atom stereocenters. The van der Waals surface area contributed by atoms with E-state index in [1.54, 1.807) is 0 Å². The van der Waals surface area contributed by atoms with Crippen LogP contribution in [-0.4, -0.2) is 5.96 Å². The van der Waals surface area contributed by atoms with E-state index in [2.05, 4.69) is 62.3 Å². The standard InChI is InChI=1S/C18H23N3O/c1-18(2,3)16-9-7-14(8-10-16)15-6-4-5-13(11-15)12-22-21-17(19)20/h4-11H,12H2,1-3H3,(H4,19,20,21). The minimum atomic E-state index is -0.0751. The van der Waals surface area contributed by atoms with Crippen LogP contribution in [0, 0.1) is 0 Å². The summed E-state index contributed by atoms with van der Waals surface area (Å²) in [4.78, 5) is 5.07. The molecule has 2 aromatic carbocycles. The van der Waals surface area contributed by atoms with Crippen LogP contribution in [0.15, 0.2) is 53.7 Å². The topological polar surface area (TPSA) is 73.6 Å². The van der Waals surface area contributed by atoms with E-state index in [-0.39, 0.29) is 11.4 Å². The van der Waals surface area contributed by atoms with Crippen molar-refractivity contribution >= 4 is 5.96 Å². The molecule has 4 nitrogen and oxygen atoms in total. The third kappa shape index (κ3) is 4.25. The van der Waals surface area contributed by atoms with Crippen LogP contribution in [0.1, 0.15) is 31.9 Å². The van der Waals surface area contributed by atoms with Gasteiger partial charge in [0.1, 0.15) is 6.61 Å². The fraction of sp³-hybridized carbons (Fsp3) is 0.278. The maximum Gasteiger partial charge on any atom is 0.228 e. The second kappa shape index (κ2) is 6.52. The number of benzene rings is 2. The summed E-state index contributed by atoms with van der Waals surface area (Å²) >= 11 is 0. The first-order chi connectivity index (χ1) is 10.4. The van der Waals surface area contributed by atoms with E-state index >= 15 is 0 Å². The van der Waals surface area contributed by atoms with Gasteiger partial charge >= 0.3 is 0 Å². The van der Waals surface area contributed by atoms with Gasteiger partial charge in [-0.05, 0) is 38.9 Å². The summed E-state index contributed by atoms with van der Waals surface area (Å²) in [5.41, 5.74) is 15.3. The van der Waals surface area contributed by atoms with Crippen LogP contribution in [0.4, 0.5) is 0 Å². The average Bonchev–Trinajstić information content (AvgIpc) is 2.46. The van der Waals surface area contributed by atoms with Crippen LogP contribution < -0.4 is 11.5 Å². The van der Waals surface area contributed by atoms with Crippen LogP contribution in [0.25, 0.3) is 11.1 Å². The first kappa shape index (κ1) is 15.9. The molecule has 0 atom stereocenters. The van der Waals surface area contributed by atoms with Gasteiger partial charge in [0.2, 0.25) is 5.96 Å². The lowest BCUT2D eigenvalue weighted by Gasteiger charge is -2.19. The number of hydrogen-bond donors (Lipinski definition) is 2. The zero-order valence-electron chi connectivity index (χ0n) is 13.3. The Morgan fingerprint density at radius 1 is 1.00 bits per heavy atom. The predicted molar refractivity (Wildman–Crippen MR) is 91.2 cm³/mol. The summed E-state index contributed by atoms with van der Waals surface area (Å²) in [5, 5.41) is 3.53. The van der Waals surface area contributed by atoms with Crippen LogP contribution in [0.3, 0.4) is 0 Å². The van der Waals surface area contributed by atoms with Gasteiger partial charge in [-0.15, -0.1) is 0 Å². The van der Waals surface area contributed by atoms with Gasteiger partial charge in [-0.1, -0.05) is 63.2 Å². The minimum absolute atomic E-state index is 0.0751. The molecule has 4 N–H and O–H groups in total. The molecule has 0 aromatic heterocycles. The zero-order chi connectivity index (χ0) is 16.2. The van der Waals surface area contributed by atoms with Gasteiger partial charge in [-0.3, -0.25) is 0 Å². The zero-order valence-corrected chi connectivity index (χ0v) is 13.3. The van der Waals surface area contributed by atoms with Gasteiger partial charge in [0.25, 0.3) is 0 Å². The highest BCUT2D eigenvalue weighted by Gasteiger charge is 2.13. The van der Waals surface area contributed by atoms with E-state index in [1.807, 2.05) is 12.1 Å². The summed E-state index contributed by atoms with van der Waals surface area (Å²) in [5.74, 6) is -0.0751. The van der Waals surface area contributed by atoms with Crippen molar-refractivity contribution in [3.05, 3.63) is 59.7 Å². The molecule has 0 spiro atoms. The van der Waals surface area contributed by atoms with Crippen LogP contribution in [0.2, 0.25) is 0 Å². The maximum atomic E-state index is 5.23. The predicted octanol–water partition coefficient (Wildman–Crippen LogP) is 3.36. The van der Waals surface area contributed by atoms with Crippen molar-refractivity contribution in [1.29, 1.82) is 0 Å². The van der Waals surface area contributed by atoms with Crippen molar-refractivity contribution in [3.63, 3.8) is 0 Å². The van der Waals surface area contributed by atoms with Crippen molar-refractivity contribution in [2.45, 2.75) is 32.8 Å². The van der Waals surface area contributed by atoms with Crippen LogP contribution >= 0.6 is 0 Å². The van der Waals surface area contributed by atoms with E-state index in [0.717, 1.165) is 11.1 Å². The molecule has 2 rings (SSSR count). The highest BCUT2D eigenvalue weighted by molar-refractivity contribution is 5.74. The monoisotopic (exact) mass is 297 g/mol. The summed E-state index contributed by atoms with van der Waals surface area (Å²) < 4.78 is 0. The Bertz CT molecular complexity index is 651. The number of nitrogens with two attached hydrogens (primary N) is 2. The first-order valence-corrected chi connectivity index (χ1v) is 7.27. The SMILES string of the molecule is CC(C)(C)c1ccc(-c2cccc(CON=C(N)N)c2)cc1. The molecule has 22 heavy (non-hydrogen) atoms. The largest absolute Gasteiger partial charge is 0.388 e. The van der Waals surface area contributed by atoms with Crippen molar-refractivity contribution in [2.75, 3.05) is 0 Å². The third-order valence-corrected chi connectivity index (χ3v) is 3.41. The molecule has 0 aliphatic heterocycles. The minimum Gasteiger partial charge on any atom is -0.388 e. The van der Waals surface area contributed by atoms with Gasteiger partial charge in [0.05, 0.1) is 0 Å². The van der Waals surface area contributed by atoms with E-state index < -0.39 is 0 Å². The summed E-state index contributed by atoms with van der Waals surface area (Å²) in [7, 11) is 0. The van der Waals surface area contributed by atoms with Crippen LogP contribution in [0.5, 0.6) is 0 Å². The molecular formula is C18H23N3O. The summed E-state index contributed by atoms with van der Waals surface area (Å²) in [6, 6.07) is 16.8. The van der Waals surface area contributed by atoms with Crippen LogP contribution in [-0.2, 0) is 16.9 Å². The second-order valence-electron chi connectivity index (χ2n) is 6.32. The molecule has 0 radical (unpaired) electrons. The highest BCUT2D eigenvalue weighted by Crippen LogP contribution is 2.26. The Labute approximate surface area is 131 Å². The fourth-order valence-electron chi connectivity index (χ4n) is 2.18. The molecular weight excluding hydrogens is 274 g/mol. The molecule has 2 aromatic rings. The number of hydrogen-bond acceptors (Lipinski definition) is 2. The molecule has 0 amide bonds. The van der Waals surface area contributed by atoms with E-state index in [9.17, 15) is 0 Å². The molecule has 4 heteroatoms. The average molecular weight is 297 g/mol. The summed E-state index contributed by atoms with van der Waals surface area (Å²) in [6.45, 7) is 6.97. The van der Waals surface area contributed by atoms with Crippen molar-refractivity contribution < 1.29 is 4.84 Å². The Morgan fingerprint density at radius 3 is 2.27 bits per heavy atom. The first-order valence-electron chi connectivity index (χ1n) is 7.27. The van der Waals surface area contributed by atoms with Gasteiger partial charge < -0.3 is 16.3 Å². The molecule has 0 saturated heterocycles.